The molecule has 0 aliphatic rings. The van der Waals surface area contributed by atoms with Crippen molar-refractivity contribution in [2.75, 3.05) is 6.61 Å². The Kier molecular flexibility index (Phi) is 9.64. The molecular weight excluding hydrogens is 284 g/mol. The maximum atomic E-state index is 11.0. The van der Waals surface area contributed by atoms with Gasteiger partial charge in [0.15, 0.2) is 0 Å². The van der Waals surface area contributed by atoms with E-state index in [4.69, 9.17) is 16.3 Å². The van der Waals surface area contributed by atoms with Crippen molar-refractivity contribution in [2.45, 2.75) is 51.9 Å². The van der Waals surface area contributed by atoms with Gasteiger partial charge in [0.1, 0.15) is 5.75 Å². The molecule has 0 radical (unpaired) electrons. The summed E-state index contributed by atoms with van der Waals surface area (Å²) in [5, 5.41) is -0.452. The molecule has 2 nitrogen and oxygen atoms in total. The van der Waals surface area contributed by atoms with E-state index in [1.807, 2.05) is 6.07 Å². The fourth-order valence-electron chi connectivity index (χ4n) is 2.02. The second-order valence-corrected chi connectivity index (χ2v) is 5.46. The third kappa shape index (κ3) is 8.56. The van der Waals surface area contributed by atoms with Crippen molar-refractivity contribution in [3.63, 3.8) is 0 Å². The second-order valence-electron chi connectivity index (χ2n) is 5.11. The van der Waals surface area contributed by atoms with Crippen molar-refractivity contribution in [1.29, 1.82) is 0 Å². The molecule has 0 amide bonds. The van der Waals surface area contributed by atoms with Crippen molar-refractivity contribution < 1.29 is 9.53 Å². The highest BCUT2D eigenvalue weighted by atomic mass is 35.5. The van der Waals surface area contributed by atoms with E-state index in [-0.39, 0.29) is 0 Å². The number of carbonyl (C=O) groups excluding carboxylic acids is 1. The molecule has 0 N–H and O–H groups in total. The lowest BCUT2D eigenvalue weighted by Gasteiger charge is -2.05. The lowest BCUT2D eigenvalue weighted by atomic mass is 10.1. The molecule has 0 heterocycles. The van der Waals surface area contributed by atoms with Crippen LogP contribution in [-0.4, -0.2) is 11.8 Å². The minimum Gasteiger partial charge on any atom is -0.494 e. The van der Waals surface area contributed by atoms with Gasteiger partial charge in [-0.15, -0.1) is 0 Å². The minimum absolute atomic E-state index is 0.452. The summed E-state index contributed by atoms with van der Waals surface area (Å²) in [5.41, 5.74) is 0.473. The van der Waals surface area contributed by atoms with Crippen molar-refractivity contribution in [2.24, 2.45) is 0 Å². The molecule has 0 spiro atoms. The number of benzene rings is 1. The van der Waals surface area contributed by atoms with Crippen LogP contribution in [0.1, 0.15) is 62.2 Å². The van der Waals surface area contributed by atoms with Gasteiger partial charge < -0.3 is 4.74 Å². The van der Waals surface area contributed by atoms with Gasteiger partial charge in [0.2, 0.25) is 0 Å². The average molecular weight is 309 g/mol. The van der Waals surface area contributed by atoms with E-state index in [1.54, 1.807) is 18.2 Å². The monoisotopic (exact) mass is 308 g/mol. The van der Waals surface area contributed by atoms with E-state index < -0.39 is 5.24 Å². The first-order chi connectivity index (χ1) is 10.2. The SMILES string of the molecule is CCCCCC/C=C\CCCOc1cccc(C(=O)Cl)c1. The first-order valence-corrected chi connectivity index (χ1v) is 8.19. The Balaban J connectivity index is 2.10. The number of hydrogen-bond donors (Lipinski definition) is 0. The number of unbranched alkanes of at least 4 members (excludes halogenated alkanes) is 5. The summed E-state index contributed by atoms with van der Waals surface area (Å²) in [6.45, 7) is 2.88. The number of hydrogen-bond acceptors (Lipinski definition) is 2. The largest absolute Gasteiger partial charge is 0.494 e. The highest BCUT2D eigenvalue weighted by Gasteiger charge is 2.02. The molecule has 0 bridgehead atoms. The highest BCUT2D eigenvalue weighted by molar-refractivity contribution is 6.67. The number of rotatable bonds is 11. The highest BCUT2D eigenvalue weighted by Crippen LogP contribution is 2.15. The molecule has 1 aromatic carbocycles. The van der Waals surface area contributed by atoms with E-state index in [1.165, 1.54) is 32.1 Å². The Morgan fingerprint density at radius 2 is 1.90 bits per heavy atom. The van der Waals surface area contributed by atoms with Gasteiger partial charge in [-0.25, -0.2) is 0 Å². The van der Waals surface area contributed by atoms with Crippen molar-refractivity contribution in [3.8, 4) is 5.75 Å². The molecule has 0 fully saturated rings. The van der Waals surface area contributed by atoms with Crippen LogP contribution >= 0.6 is 11.6 Å². The van der Waals surface area contributed by atoms with Crippen molar-refractivity contribution >= 4 is 16.8 Å². The summed E-state index contributed by atoms with van der Waals surface area (Å²) < 4.78 is 5.61. The summed E-state index contributed by atoms with van der Waals surface area (Å²) in [4.78, 5) is 11.0. The first kappa shape index (κ1) is 17.8. The molecule has 0 saturated heterocycles. The van der Waals surface area contributed by atoms with Crippen LogP contribution in [0.25, 0.3) is 0 Å². The smallest absolute Gasteiger partial charge is 0.252 e. The molecule has 0 aliphatic carbocycles. The molecule has 1 aromatic rings. The zero-order valence-electron chi connectivity index (χ0n) is 12.8. The molecule has 0 unspecified atom stereocenters. The van der Waals surface area contributed by atoms with E-state index in [0.717, 1.165) is 12.8 Å². The van der Waals surface area contributed by atoms with E-state index in [2.05, 4.69) is 19.1 Å². The first-order valence-electron chi connectivity index (χ1n) is 7.81. The molecule has 116 valence electrons. The zero-order chi connectivity index (χ0) is 15.3. The van der Waals surface area contributed by atoms with Gasteiger partial charge >= 0.3 is 0 Å². The summed E-state index contributed by atoms with van der Waals surface area (Å²) in [6.07, 6.45) is 12.9. The third-order valence-electron chi connectivity index (χ3n) is 3.24. The van der Waals surface area contributed by atoms with Gasteiger partial charge in [0, 0.05) is 5.56 Å². The third-order valence-corrected chi connectivity index (χ3v) is 3.45. The number of allylic oxidation sites excluding steroid dienone is 2. The van der Waals surface area contributed by atoms with E-state index in [9.17, 15) is 4.79 Å². The maximum Gasteiger partial charge on any atom is 0.252 e. The second kappa shape index (κ2) is 11.4. The Labute approximate surface area is 133 Å². The summed E-state index contributed by atoms with van der Waals surface area (Å²) >= 11 is 5.44. The summed E-state index contributed by atoms with van der Waals surface area (Å²) in [6, 6.07) is 6.98. The predicted octanol–water partition coefficient (Wildman–Crippen LogP) is 5.75. The molecule has 1 rings (SSSR count). The Hall–Kier alpha value is -1.28. The van der Waals surface area contributed by atoms with Crippen LogP contribution in [0.2, 0.25) is 0 Å². The van der Waals surface area contributed by atoms with Crippen LogP contribution in [0, 0.1) is 0 Å². The van der Waals surface area contributed by atoms with Crippen LogP contribution in [0.15, 0.2) is 36.4 Å². The molecule has 0 aromatic heterocycles. The van der Waals surface area contributed by atoms with Gasteiger partial charge in [0.05, 0.1) is 6.61 Å². The van der Waals surface area contributed by atoms with Crippen LogP contribution in [0.5, 0.6) is 5.75 Å². The fraction of sp³-hybridized carbons (Fsp3) is 0.500. The van der Waals surface area contributed by atoms with Crippen LogP contribution in [-0.2, 0) is 0 Å². The van der Waals surface area contributed by atoms with Gasteiger partial charge in [-0.3, -0.25) is 4.79 Å². The normalized spacial score (nSPS) is 11.0. The average Bonchev–Trinajstić information content (AvgIpc) is 2.49. The zero-order valence-corrected chi connectivity index (χ0v) is 13.6. The van der Waals surface area contributed by atoms with Gasteiger partial charge in [-0.1, -0.05) is 44.4 Å². The van der Waals surface area contributed by atoms with Crippen LogP contribution in [0.3, 0.4) is 0 Å². The molecule has 21 heavy (non-hydrogen) atoms. The predicted molar refractivity (Wildman–Crippen MR) is 89.3 cm³/mol. The quantitative estimate of drug-likeness (QED) is 0.295. The molecular formula is C18H25ClO2. The van der Waals surface area contributed by atoms with Crippen LogP contribution in [0.4, 0.5) is 0 Å². The van der Waals surface area contributed by atoms with Crippen molar-refractivity contribution in [3.05, 3.63) is 42.0 Å². The Morgan fingerprint density at radius 3 is 2.62 bits per heavy atom. The summed E-state index contributed by atoms with van der Waals surface area (Å²) in [7, 11) is 0. The summed E-state index contributed by atoms with van der Waals surface area (Å²) in [5.74, 6) is 0.699. The number of ether oxygens (including phenoxy) is 1. The molecule has 3 heteroatoms. The van der Waals surface area contributed by atoms with Gasteiger partial charge in [-0.2, -0.15) is 0 Å². The molecule has 0 atom stereocenters. The Morgan fingerprint density at radius 1 is 1.14 bits per heavy atom. The standard InChI is InChI=1S/C18H25ClO2/c1-2-3-4-5-6-7-8-9-10-14-21-17-13-11-12-16(15-17)18(19)20/h7-8,11-13,15H,2-6,9-10,14H2,1H3/b8-7-. The maximum absolute atomic E-state index is 11.0. The van der Waals surface area contributed by atoms with E-state index >= 15 is 0 Å². The minimum atomic E-state index is -0.452. The lowest BCUT2D eigenvalue weighted by Crippen LogP contribution is -1.98. The van der Waals surface area contributed by atoms with Crippen molar-refractivity contribution in [1.82, 2.24) is 0 Å². The van der Waals surface area contributed by atoms with Gasteiger partial charge in [-0.05, 0) is 55.5 Å². The number of halogens is 1. The van der Waals surface area contributed by atoms with E-state index in [0.29, 0.717) is 17.9 Å². The fourth-order valence-corrected chi connectivity index (χ4v) is 2.14. The number of carbonyl (C=O) groups is 1. The van der Waals surface area contributed by atoms with Crippen LogP contribution < -0.4 is 4.74 Å². The molecule has 0 aliphatic heterocycles. The topological polar surface area (TPSA) is 26.3 Å². The molecule has 0 saturated carbocycles. The lowest BCUT2D eigenvalue weighted by molar-refractivity contribution is 0.108. The van der Waals surface area contributed by atoms with Gasteiger partial charge in [0.25, 0.3) is 5.24 Å². The Bertz CT molecular complexity index is 441.